The molecule has 2 rings (SSSR count). The van der Waals surface area contributed by atoms with Gasteiger partial charge in [0.2, 0.25) is 0 Å². The Kier molecular flexibility index (Phi) is 9.07. The standard InChI is InChI=1S/C23H32N2O8/c1-6-30-19(26)17-15(13-32-21(28)24-14-11-9-8-10-12-14)16(17)18(20(27)31-7-2)25-22(29)33-23(3,4)5/h8-12,15-18H,6-7,13H2,1-5H3,(H,24,28)(H,25,29)/t15-,16+,17+,18+/m1/s1. The van der Waals surface area contributed by atoms with Crippen LogP contribution in [0.3, 0.4) is 0 Å². The molecule has 1 aliphatic carbocycles. The minimum Gasteiger partial charge on any atom is -0.466 e. The molecule has 182 valence electrons. The molecule has 1 saturated carbocycles. The Balaban J connectivity index is 2.11. The summed E-state index contributed by atoms with van der Waals surface area (Å²) >= 11 is 0. The molecule has 0 spiro atoms. The number of hydrogen-bond acceptors (Lipinski definition) is 8. The summed E-state index contributed by atoms with van der Waals surface area (Å²) in [5.74, 6) is -3.23. The SMILES string of the molecule is CCOC(=O)[C@H]1[C@H](COC(=O)Nc2ccccc2)[C@@H]1[C@H](NC(=O)OC(C)(C)C)C(=O)OCC. The van der Waals surface area contributed by atoms with Crippen LogP contribution in [0, 0.1) is 17.8 Å². The smallest absolute Gasteiger partial charge is 0.411 e. The minimum absolute atomic E-state index is 0.0861. The van der Waals surface area contributed by atoms with Crippen molar-refractivity contribution in [2.24, 2.45) is 17.8 Å². The summed E-state index contributed by atoms with van der Waals surface area (Å²) in [6, 6.07) is 7.56. The molecule has 2 N–H and O–H groups in total. The van der Waals surface area contributed by atoms with Gasteiger partial charge in [0, 0.05) is 17.5 Å². The lowest BCUT2D eigenvalue weighted by molar-refractivity contribution is -0.147. The molecule has 0 unspecified atom stereocenters. The number of carbonyl (C=O) groups excluding carboxylic acids is 4. The number of esters is 2. The van der Waals surface area contributed by atoms with Crippen LogP contribution in [0.1, 0.15) is 34.6 Å². The Labute approximate surface area is 193 Å². The second kappa shape index (κ2) is 11.5. The third-order valence-corrected chi connectivity index (χ3v) is 4.81. The Bertz CT molecular complexity index is 837. The average Bonchev–Trinajstić information content (AvgIpc) is 3.44. The number of nitrogens with one attached hydrogen (secondary N) is 2. The number of amides is 2. The van der Waals surface area contributed by atoms with Gasteiger partial charge in [-0.25, -0.2) is 14.4 Å². The fourth-order valence-corrected chi connectivity index (χ4v) is 3.47. The van der Waals surface area contributed by atoms with Gasteiger partial charge in [0.15, 0.2) is 0 Å². The van der Waals surface area contributed by atoms with Gasteiger partial charge in [-0.3, -0.25) is 10.1 Å². The van der Waals surface area contributed by atoms with Gasteiger partial charge in [0.05, 0.1) is 25.7 Å². The molecule has 10 heteroatoms. The van der Waals surface area contributed by atoms with Crippen LogP contribution in [0.25, 0.3) is 0 Å². The highest BCUT2D eigenvalue weighted by Gasteiger charge is 2.62. The molecule has 1 aliphatic rings. The monoisotopic (exact) mass is 464 g/mol. The molecule has 1 aromatic carbocycles. The van der Waals surface area contributed by atoms with E-state index in [9.17, 15) is 19.2 Å². The molecular formula is C23H32N2O8. The maximum absolute atomic E-state index is 12.6. The van der Waals surface area contributed by atoms with E-state index in [0.29, 0.717) is 5.69 Å². The van der Waals surface area contributed by atoms with E-state index in [2.05, 4.69) is 10.6 Å². The number of para-hydroxylation sites is 1. The van der Waals surface area contributed by atoms with Crippen LogP contribution in [-0.4, -0.2) is 55.6 Å². The van der Waals surface area contributed by atoms with Gasteiger partial charge < -0.3 is 24.3 Å². The maximum Gasteiger partial charge on any atom is 0.411 e. The number of hydrogen-bond donors (Lipinski definition) is 2. The van der Waals surface area contributed by atoms with Crippen LogP contribution in [0.15, 0.2) is 30.3 Å². The fraction of sp³-hybridized carbons (Fsp3) is 0.565. The Morgan fingerprint density at radius 3 is 2.15 bits per heavy atom. The highest BCUT2D eigenvalue weighted by molar-refractivity contribution is 5.86. The third kappa shape index (κ3) is 7.96. The Morgan fingerprint density at radius 2 is 1.58 bits per heavy atom. The van der Waals surface area contributed by atoms with Crippen molar-refractivity contribution < 1.29 is 38.1 Å². The molecule has 0 aromatic heterocycles. The second-order valence-corrected chi connectivity index (χ2v) is 8.48. The van der Waals surface area contributed by atoms with Crippen molar-refractivity contribution in [2.75, 3.05) is 25.1 Å². The number of alkyl carbamates (subject to hydrolysis) is 1. The van der Waals surface area contributed by atoms with Gasteiger partial charge in [-0.05, 0) is 46.8 Å². The zero-order valence-electron chi connectivity index (χ0n) is 19.6. The summed E-state index contributed by atoms with van der Waals surface area (Å²) in [5, 5.41) is 5.09. The van der Waals surface area contributed by atoms with E-state index in [1.807, 2.05) is 6.07 Å². The van der Waals surface area contributed by atoms with Gasteiger partial charge in [-0.15, -0.1) is 0 Å². The number of rotatable bonds is 9. The first-order valence-electron chi connectivity index (χ1n) is 10.9. The van der Waals surface area contributed by atoms with E-state index in [-0.39, 0.29) is 19.8 Å². The molecule has 1 fully saturated rings. The number of benzene rings is 1. The molecule has 4 atom stereocenters. The number of ether oxygens (including phenoxy) is 4. The molecule has 0 bridgehead atoms. The molecule has 0 aliphatic heterocycles. The first-order chi connectivity index (χ1) is 15.6. The van der Waals surface area contributed by atoms with Gasteiger partial charge >= 0.3 is 24.1 Å². The van der Waals surface area contributed by atoms with Crippen molar-refractivity contribution in [3.63, 3.8) is 0 Å². The van der Waals surface area contributed by atoms with Crippen molar-refractivity contribution in [3.05, 3.63) is 30.3 Å². The van der Waals surface area contributed by atoms with E-state index in [4.69, 9.17) is 18.9 Å². The molecule has 0 saturated heterocycles. The summed E-state index contributed by atoms with van der Waals surface area (Å²) in [5.41, 5.74) is -0.237. The summed E-state index contributed by atoms with van der Waals surface area (Å²) < 4.78 is 20.7. The number of carbonyl (C=O) groups is 4. The van der Waals surface area contributed by atoms with Crippen molar-refractivity contribution in [1.82, 2.24) is 5.32 Å². The lowest BCUT2D eigenvalue weighted by Crippen LogP contribution is -2.46. The van der Waals surface area contributed by atoms with Crippen molar-refractivity contribution in [1.29, 1.82) is 0 Å². The van der Waals surface area contributed by atoms with Crippen molar-refractivity contribution in [2.45, 2.75) is 46.3 Å². The molecule has 0 radical (unpaired) electrons. The molecule has 33 heavy (non-hydrogen) atoms. The second-order valence-electron chi connectivity index (χ2n) is 8.48. The Morgan fingerprint density at radius 1 is 0.939 bits per heavy atom. The lowest BCUT2D eigenvalue weighted by Gasteiger charge is -2.23. The van der Waals surface area contributed by atoms with Gasteiger partial charge in [0.25, 0.3) is 0 Å². The predicted octanol–water partition coefficient (Wildman–Crippen LogP) is 3.12. The van der Waals surface area contributed by atoms with E-state index < -0.39 is 53.5 Å². The largest absolute Gasteiger partial charge is 0.466 e. The quantitative estimate of drug-likeness (QED) is 0.421. The normalized spacial score (nSPS) is 20.1. The minimum atomic E-state index is -1.17. The van der Waals surface area contributed by atoms with Crippen LogP contribution in [0.4, 0.5) is 15.3 Å². The van der Waals surface area contributed by atoms with E-state index in [1.165, 1.54) is 0 Å². The van der Waals surface area contributed by atoms with Crippen LogP contribution >= 0.6 is 0 Å². The average molecular weight is 465 g/mol. The van der Waals surface area contributed by atoms with E-state index in [0.717, 1.165) is 0 Å². The van der Waals surface area contributed by atoms with Crippen LogP contribution in [0.5, 0.6) is 0 Å². The summed E-state index contributed by atoms with van der Waals surface area (Å²) in [6.07, 6.45) is -1.53. The number of anilines is 1. The van der Waals surface area contributed by atoms with Crippen molar-refractivity contribution in [3.8, 4) is 0 Å². The molecule has 1 aromatic rings. The highest BCUT2D eigenvalue weighted by atomic mass is 16.6. The summed E-state index contributed by atoms with van der Waals surface area (Å²) in [7, 11) is 0. The molecule has 10 nitrogen and oxygen atoms in total. The molecule has 0 heterocycles. The summed E-state index contributed by atoms with van der Waals surface area (Å²) in [6.45, 7) is 8.43. The molecular weight excluding hydrogens is 432 g/mol. The van der Waals surface area contributed by atoms with Crippen molar-refractivity contribution >= 4 is 29.8 Å². The topological polar surface area (TPSA) is 129 Å². The molecule has 2 amide bonds. The third-order valence-electron chi connectivity index (χ3n) is 4.81. The van der Waals surface area contributed by atoms with Gasteiger partial charge in [-0.2, -0.15) is 0 Å². The summed E-state index contributed by atoms with van der Waals surface area (Å²) in [4.78, 5) is 49.6. The van der Waals surface area contributed by atoms with Crippen LogP contribution in [-0.2, 0) is 28.5 Å². The van der Waals surface area contributed by atoms with E-state index >= 15 is 0 Å². The van der Waals surface area contributed by atoms with Gasteiger partial charge in [-0.1, -0.05) is 18.2 Å². The Hall–Kier alpha value is -3.30. The van der Waals surface area contributed by atoms with Crippen LogP contribution < -0.4 is 10.6 Å². The predicted molar refractivity (Wildman–Crippen MR) is 118 cm³/mol. The first-order valence-corrected chi connectivity index (χ1v) is 10.9. The first kappa shape index (κ1) is 26.0. The zero-order chi connectivity index (χ0) is 24.6. The highest BCUT2D eigenvalue weighted by Crippen LogP contribution is 2.50. The fourth-order valence-electron chi connectivity index (χ4n) is 3.47. The van der Waals surface area contributed by atoms with Gasteiger partial charge in [0.1, 0.15) is 11.6 Å². The zero-order valence-corrected chi connectivity index (χ0v) is 19.6. The lowest BCUT2D eigenvalue weighted by atomic mass is 10.1. The maximum atomic E-state index is 12.6. The van der Waals surface area contributed by atoms with E-state index in [1.54, 1.807) is 58.9 Å². The van der Waals surface area contributed by atoms with Crippen LogP contribution in [0.2, 0.25) is 0 Å².